The van der Waals surface area contributed by atoms with E-state index in [0.29, 0.717) is 34.3 Å². The van der Waals surface area contributed by atoms with Crippen LogP contribution < -0.4 is 23.7 Å². The van der Waals surface area contributed by atoms with Crippen LogP contribution in [0, 0.1) is 0 Å². The summed E-state index contributed by atoms with van der Waals surface area (Å²) >= 11 is 0. The van der Waals surface area contributed by atoms with Gasteiger partial charge in [0.05, 0.1) is 24.7 Å². The number of hydrogen-bond donors (Lipinski definition) is 0. The Labute approximate surface area is 162 Å². The summed E-state index contributed by atoms with van der Waals surface area (Å²) < 4.78 is 28.7. The third-order valence-corrected chi connectivity index (χ3v) is 5.17. The third-order valence-electron chi connectivity index (χ3n) is 5.17. The summed E-state index contributed by atoms with van der Waals surface area (Å²) in [5, 5.41) is 0. The van der Waals surface area contributed by atoms with Gasteiger partial charge in [0.15, 0.2) is 28.8 Å². The second-order valence-corrected chi connectivity index (χ2v) is 7.58. The smallest absolute Gasteiger partial charge is 0.231 e. The van der Waals surface area contributed by atoms with Gasteiger partial charge < -0.3 is 23.7 Å². The molecule has 6 nitrogen and oxygen atoms in total. The average molecular weight is 380 g/mol. The Morgan fingerprint density at radius 1 is 1.11 bits per heavy atom. The fraction of sp³-hybridized carbons (Fsp3) is 0.318. The van der Waals surface area contributed by atoms with Crippen molar-refractivity contribution in [2.24, 2.45) is 0 Å². The molecule has 1 atom stereocenters. The van der Waals surface area contributed by atoms with Gasteiger partial charge in [0, 0.05) is 0 Å². The highest BCUT2D eigenvalue weighted by Gasteiger charge is 2.35. The van der Waals surface area contributed by atoms with E-state index in [1.807, 2.05) is 44.2 Å². The number of ketones is 1. The molecule has 5 rings (SSSR count). The average Bonchev–Trinajstić information content (AvgIpc) is 3.14. The summed E-state index contributed by atoms with van der Waals surface area (Å²) in [6.07, 6.45) is 3.73. The number of ether oxygens (including phenoxy) is 5. The number of methoxy groups -OCH3 is 1. The minimum absolute atomic E-state index is 0.00301. The molecule has 0 saturated heterocycles. The van der Waals surface area contributed by atoms with E-state index in [9.17, 15) is 4.79 Å². The van der Waals surface area contributed by atoms with Crippen molar-refractivity contribution in [3.05, 3.63) is 47.0 Å². The summed E-state index contributed by atoms with van der Waals surface area (Å²) in [6, 6.07) is 7.33. The standard InChI is InChI=1S/C22H20O6/c1-22(2)7-6-13-20-14(9-19(24-3)21(13)28-22)15(23)10-17(27-20)12-4-5-16-18(8-12)26-11-25-16/h4-9,17H,10-11H2,1-3H3. The first-order valence-corrected chi connectivity index (χ1v) is 9.18. The SMILES string of the molecule is COc1cc2c(c3c1OC(C)(C)C=C3)OC(c1ccc3c(c1)OCO3)CC2=O. The van der Waals surface area contributed by atoms with E-state index in [2.05, 4.69) is 0 Å². The second kappa shape index (κ2) is 5.92. The fourth-order valence-corrected chi connectivity index (χ4v) is 3.73. The molecular weight excluding hydrogens is 360 g/mol. The summed E-state index contributed by atoms with van der Waals surface area (Å²) in [6.45, 7) is 4.14. The lowest BCUT2D eigenvalue weighted by atomic mass is 9.92. The largest absolute Gasteiger partial charge is 0.493 e. The zero-order valence-corrected chi connectivity index (χ0v) is 15.9. The van der Waals surface area contributed by atoms with Gasteiger partial charge in [-0.05, 0) is 49.8 Å². The monoisotopic (exact) mass is 380 g/mol. The van der Waals surface area contributed by atoms with E-state index >= 15 is 0 Å². The highest BCUT2D eigenvalue weighted by molar-refractivity contribution is 6.02. The van der Waals surface area contributed by atoms with Crippen LogP contribution in [-0.4, -0.2) is 25.3 Å². The molecule has 0 aliphatic carbocycles. The maximum atomic E-state index is 12.9. The molecule has 3 aliphatic heterocycles. The quantitative estimate of drug-likeness (QED) is 0.773. The molecule has 0 aromatic heterocycles. The zero-order valence-electron chi connectivity index (χ0n) is 15.9. The van der Waals surface area contributed by atoms with Gasteiger partial charge in [-0.1, -0.05) is 6.07 Å². The minimum Gasteiger partial charge on any atom is -0.493 e. The number of fused-ring (bicyclic) bond motifs is 4. The predicted molar refractivity (Wildman–Crippen MR) is 102 cm³/mol. The van der Waals surface area contributed by atoms with Gasteiger partial charge in [0.25, 0.3) is 0 Å². The Balaban J connectivity index is 1.59. The number of carbonyl (C=O) groups excluding carboxylic acids is 1. The highest BCUT2D eigenvalue weighted by atomic mass is 16.7. The minimum atomic E-state index is -0.468. The Kier molecular flexibility index (Phi) is 3.59. The molecule has 0 amide bonds. The summed E-state index contributed by atoms with van der Waals surface area (Å²) in [5.74, 6) is 3.02. The maximum absolute atomic E-state index is 12.9. The van der Waals surface area contributed by atoms with Crippen molar-refractivity contribution in [3.8, 4) is 28.7 Å². The van der Waals surface area contributed by atoms with E-state index in [0.717, 1.165) is 11.1 Å². The van der Waals surface area contributed by atoms with Gasteiger partial charge in [-0.25, -0.2) is 0 Å². The molecule has 0 N–H and O–H groups in total. The van der Waals surface area contributed by atoms with Crippen LogP contribution in [0.3, 0.4) is 0 Å². The number of carbonyl (C=O) groups is 1. The van der Waals surface area contributed by atoms with Gasteiger partial charge in [-0.2, -0.15) is 0 Å². The van der Waals surface area contributed by atoms with E-state index in [4.69, 9.17) is 23.7 Å². The summed E-state index contributed by atoms with van der Waals surface area (Å²) in [4.78, 5) is 12.9. The number of benzene rings is 2. The van der Waals surface area contributed by atoms with Crippen molar-refractivity contribution >= 4 is 11.9 Å². The molecule has 3 aliphatic rings. The number of rotatable bonds is 2. The Morgan fingerprint density at radius 2 is 1.93 bits per heavy atom. The van der Waals surface area contributed by atoms with Crippen LogP contribution in [0.1, 0.15) is 47.9 Å². The van der Waals surface area contributed by atoms with E-state index in [1.165, 1.54) is 0 Å². The van der Waals surface area contributed by atoms with Crippen LogP contribution in [0.15, 0.2) is 30.3 Å². The van der Waals surface area contributed by atoms with E-state index in [1.54, 1.807) is 13.2 Å². The van der Waals surface area contributed by atoms with Crippen LogP contribution in [0.5, 0.6) is 28.7 Å². The highest BCUT2D eigenvalue weighted by Crippen LogP contribution is 2.49. The Bertz CT molecular complexity index is 1020. The van der Waals surface area contributed by atoms with Crippen molar-refractivity contribution < 1.29 is 28.5 Å². The summed E-state index contributed by atoms with van der Waals surface area (Å²) in [5.41, 5.74) is 1.64. The van der Waals surface area contributed by atoms with Crippen molar-refractivity contribution in [1.82, 2.24) is 0 Å². The van der Waals surface area contributed by atoms with Gasteiger partial charge in [0.2, 0.25) is 6.79 Å². The van der Waals surface area contributed by atoms with Crippen molar-refractivity contribution in [2.45, 2.75) is 32.0 Å². The lowest BCUT2D eigenvalue weighted by Crippen LogP contribution is -2.29. The molecular formula is C22H20O6. The molecule has 6 heteroatoms. The first kappa shape index (κ1) is 17.0. The van der Waals surface area contributed by atoms with Crippen LogP contribution in [-0.2, 0) is 0 Å². The van der Waals surface area contributed by atoms with Crippen LogP contribution in [0.2, 0.25) is 0 Å². The van der Waals surface area contributed by atoms with Crippen molar-refractivity contribution in [3.63, 3.8) is 0 Å². The summed E-state index contributed by atoms with van der Waals surface area (Å²) in [7, 11) is 1.57. The molecule has 0 spiro atoms. The molecule has 28 heavy (non-hydrogen) atoms. The normalized spacial score (nSPS) is 20.7. The second-order valence-electron chi connectivity index (χ2n) is 7.58. The molecule has 0 saturated carbocycles. The Morgan fingerprint density at radius 3 is 2.75 bits per heavy atom. The van der Waals surface area contributed by atoms with Crippen LogP contribution >= 0.6 is 0 Å². The van der Waals surface area contributed by atoms with Gasteiger partial charge in [-0.3, -0.25) is 4.79 Å². The van der Waals surface area contributed by atoms with Crippen LogP contribution in [0.4, 0.5) is 0 Å². The molecule has 0 radical (unpaired) electrons. The fourth-order valence-electron chi connectivity index (χ4n) is 3.73. The third kappa shape index (κ3) is 2.59. The first-order chi connectivity index (χ1) is 13.4. The lowest BCUT2D eigenvalue weighted by molar-refractivity contribution is 0.0844. The number of hydrogen-bond acceptors (Lipinski definition) is 6. The molecule has 3 heterocycles. The molecule has 1 unspecified atom stereocenters. The predicted octanol–water partition coefficient (Wildman–Crippen LogP) is 4.31. The maximum Gasteiger partial charge on any atom is 0.231 e. The molecule has 144 valence electrons. The zero-order chi connectivity index (χ0) is 19.5. The molecule has 0 bridgehead atoms. The van der Waals surface area contributed by atoms with E-state index in [-0.39, 0.29) is 19.0 Å². The van der Waals surface area contributed by atoms with Gasteiger partial charge in [0.1, 0.15) is 17.5 Å². The lowest BCUT2D eigenvalue weighted by Gasteiger charge is -2.33. The number of Topliss-reactive ketones (excluding diaryl/α,β-unsaturated/α-hetero) is 1. The van der Waals surface area contributed by atoms with Crippen molar-refractivity contribution in [1.29, 1.82) is 0 Å². The van der Waals surface area contributed by atoms with Crippen LogP contribution in [0.25, 0.3) is 6.08 Å². The molecule has 2 aromatic carbocycles. The molecule has 2 aromatic rings. The van der Waals surface area contributed by atoms with Crippen molar-refractivity contribution in [2.75, 3.05) is 13.9 Å². The van der Waals surface area contributed by atoms with Gasteiger partial charge in [-0.15, -0.1) is 0 Å². The Hall–Kier alpha value is -3.15. The van der Waals surface area contributed by atoms with E-state index < -0.39 is 11.7 Å². The molecule has 0 fully saturated rings. The van der Waals surface area contributed by atoms with Gasteiger partial charge >= 0.3 is 0 Å². The first-order valence-electron chi connectivity index (χ1n) is 9.18. The topological polar surface area (TPSA) is 63.2 Å².